The molecule has 1 N–H and O–H groups in total. The van der Waals surface area contributed by atoms with Crippen LogP contribution < -0.4 is 10.3 Å². The quantitative estimate of drug-likeness (QED) is 0.508. The van der Waals surface area contributed by atoms with E-state index in [0.717, 1.165) is 12.7 Å². The third kappa shape index (κ3) is 3.31. The number of halogens is 1. The van der Waals surface area contributed by atoms with Crippen molar-refractivity contribution in [1.82, 2.24) is 9.55 Å². The van der Waals surface area contributed by atoms with Gasteiger partial charge in [-0.3, -0.25) is 4.79 Å². The zero-order chi connectivity index (χ0) is 21.4. The molecular formula is C22H19ClN2O5. The maximum absolute atomic E-state index is 13.4. The molecule has 1 atom stereocenters. The number of nitrogens with zero attached hydrogens (tertiary/aromatic N) is 2. The highest BCUT2D eigenvalue weighted by Crippen LogP contribution is 2.43. The highest BCUT2D eigenvalue weighted by molar-refractivity contribution is 6.29. The summed E-state index contributed by atoms with van der Waals surface area (Å²) in [7, 11) is 1.16. The fourth-order valence-corrected chi connectivity index (χ4v) is 3.81. The van der Waals surface area contributed by atoms with Gasteiger partial charge in [0, 0.05) is 11.5 Å². The van der Waals surface area contributed by atoms with Crippen LogP contribution in [0.25, 0.3) is 11.4 Å². The Bertz CT molecular complexity index is 1190. The first-order chi connectivity index (χ1) is 14.4. The standard InChI is InChI=1S/C22H19ClN2O5/c1-12-11-30-14-8-9-15(23)24-18(14)19-16(12)20(26)17(22(28)29-2)21(27)25(19)10-13-6-4-3-5-7-13/h3-9,12,26H,10-11H2,1-2H3. The van der Waals surface area contributed by atoms with E-state index in [1.807, 2.05) is 37.3 Å². The van der Waals surface area contributed by atoms with Crippen molar-refractivity contribution in [3.05, 3.63) is 74.7 Å². The van der Waals surface area contributed by atoms with Crippen molar-refractivity contribution in [1.29, 1.82) is 0 Å². The first-order valence-corrected chi connectivity index (χ1v) is 9.71. The Kier molecular flexibility index (Phi) is 5.22. The number of ether oxygens (including phenoxy) is 2. The van der Waals surface area contributed by atoms with Gasteiger partial charge in [-0.25, -0.2) is 9.78 Å². The van der Waals surface area contributed by atoms with Gasteiger partial charge < -0.3 is 19.1 Å². The number of esters is 1. The van der Waals surface area contributed by atoms with E-state index in [0.29, 0.717) is 22.7 Å². The summed E-state index contributed by atoms with van der Waals surface area (Å²) < 4.78 is 12.1. The maximum atomic E-state index is 13.4. The van der Waals surface area contributed by atoms with Crippen molar-refractivity contribution in [3.63, 3.8) is 0 Å². The average molecular weight is 427 g/mol. The van der Waals surface area contributed by atoms with Crippen LogP contribution in [0.15, 0.2) is 47.3 Å². The minimum atomic E-state index is -0.904. The molecule has 8 heteroatoms. The Hall–Kier alpha value is -3.32. The number of hydrogen-bond donors (Lipinski definition) is 1. The van der Waals surface area contributed by atoms with Crippen LogP contribution >= 0.6 is 11.6 Å². The lowest BCUT2D eigenvalue weighted by Gasteiger charge is -2.21. The zero-order valence-corrected chi connectivity index (χ0v) is 17.1. The van der Waals surface area contributed by atoms with Crippen LogP contribution in [-0.2, 0) is 11.3 Å². The number of pyridine rings is 2. The fraction of sp³-hybridized carbons (Fsp3) is 0.227. The molecule has 3 heterocycles. The maximum Gasteiger partial charge on any atom is 0.347 e. The molecule has 3 aromatic rings. The molecule has 1 aliphatic rings. The van der Waals surface area contributed by atoms with Gasteiger partial charge in [0.05, 0.1) is 26.0 Å². The van der Waals surface area contributed by atoms with Crippen LogP contribution in [0.4, 0.5) is 0 Å². The molecule has 1 aromatic carbocycles. The first-order valence-electron chi connectivity index (χ1n) is 9.34. The highest BCUT2D eigenvalue weighted by atomic mass is 35.5. The van der Waals surface area contributed by atoms with Gasteiger partial charge in [-0.15, -0.1) is 0 Å². The summed E-state index contributed by atoms with van der Waals surface area (Å²) in [6, 6.07) is 12.6. The molecule has 0 bridgehead atoms. The van der Waals surface area contributed by atoms with Crippen molar-refractivity contribution >= 4 is 17.6 Å². The second-order valence-electron chi connectivity index (χ2n) is 7.05. The third-order valence-electron chi connectivity index (χ3n) is 5.08. The Morgan fingerprint density at radius 1 is 1.30 bits per heavy atom. The topological polar surface area (TPSA) is 90.7 Å². The summed E-state index contributed by atoms with van der Waals surface area (Å²) in [5.41, 5.74) is 0.843. The van der Waals surface area contributed by atoms with Crippen molar-refractivity contribution in [2.45, 2.75) is 19.4 Å². The lowest BCUT2D eigenvalue weighted by molar-refractivity contribution is 0.0594. The number of aromatic nitrogens is 2. The number of rotatable bonds is 3. The molecular weight excluding hydrogens is 408 g/mol. The molecule has 0 fully saturated rings. The number of carbonyl (C=O) groups is 1. The minimum Gasteiger partial charge on any atom is -0.506 e. The van der Waals surface area contributed by atoms with Gasteiger partial charge >= 0.3 is 5.97 Å². The van der Waals surface area contributed by atoms with Gasteiger partial charge in [0.2, 0.25) is 0 Å². The predicted molar refractivity (Wildman–Crippen MR) is 111 cm³/mol. The summed E-state index contributed by atoms with van der Waals surface area (Å²) >= 11 is 6.14. The molecule has 0 aliphatic carbocycles. The molecule has 1 unspecified atom stereocenters. The molecule has 30 heavy (non-hydrogen) atoms. The van der Waals surface area contributed by atoms with Crippen LogP contribution in [0.2, 0.25) is 5.15 Å². The van der Waals surface area contributed by atoms with E-state index < -0.39 is 22.8 Å². The van der Waals surface area contributed by atoms with Gasteiger partial charge in [-0.2, -0.15) is 0 Å². The van der Waals surface area contributed by atoms with Crippen molar-refractivity contribution < 1.29 is 19.4 Å². The smallest absolute Gasteiger partial charge is 0.347 e. The first kappa shape index (κ1) is 20.0. The van der Waals surface area contributed by atoms with Crippen molar-refractivity contribution in [3.8, 4) is 22.9 Å². The Morgan fingerprint density at radius 3 is 2.73 bits per heavy atom. The van der Waals surface area contributed by atoms with E-state index in [1.165, 1.54) is 4.57 Å². The van der Waals surface area contributed by atoms with E-state index in [-0.39, 0.29) is 24.2 Å². The van der Waals surface area contributed by atoms with Gasteiger partial charge in [-0.1, -0.05) is 48.9 Å². The Morgan fingerprint density at radius 2 is 2.03 bits per heavy atom. The second-order valence-corrected chi connectivity index (χ2v) is 7.43. The van der Waals surface area contributed by atoms with Crippen LogP contribution in [0.3, 0.4) is 0 Å². The third-order valence-corrected chi connectivity index (χ3v) is 5.29. The number of benzene rings is 1. The number of fused-ring (bicyclic) bond motifs is 3. The van der Waals surface area contributed by atoms with Crippen molar-refractivity contribution in [2.75, 3.05) is 13.7 Å². The van der Waals surface area contributed by atoms with Crippen LogP contribution in [0, 0.1) is 0 Å². The minimum absolute atomic E-state index is 0.159. The largest absolute Gasteiger partial charge is 0.506 e. The Balaban J connectivity index is 2.12. The molecule has 0 amide bonds. The summed E-state index contributed by atoms with van der Waals surface area (Å²) in [4.78, 5) is 30.1. The Labute approximate surface area is 177 Å². The van der Waals surface area contributed by atoms with E-state index >= 15 is 0 Å². The number of aromatic hydroxyl groups is 1. The molecule has 0 saturated carbocycles. The molecule has 154 valence electrons. The van der Waals surface area contributed by atoms with Gasteiger partial charge in [0.1, 0.15) is 22.3 Å². The fourth-order valence-electron chi connectivity index (χ4n) is 3.66. The summed E-state index contributed by atoms with van der Waals surface area (Å²) in [6.07, 6.45) is 0. The zero-order valence-electron chi connectivity index (χ0n) is 16.4. The second kappa shape index (κ2) is 7.84. The highest BCUT2D eigenvalue weighted by Gasteiger charge is 2.33. The van der Waals surface area contributed by atoms with Gasteiger partial charge in [0.15, 0.2) is 5.56 Å². The summed E-state index contributed by atoms with van der Waals surface area (Å²) in [5.74, 6) is -1.22. The predicted octanol–water partition coefficient (Wildman–Crippen LogP) is 3.60. The number of methoxy groups -OCH3 is 1. The van der Waals surface area contributed by atoms with Crippen LogP contribution in [0.1, 0.15) is 34.3 Å². The molecule has 2 aromatic heterocycles. The lowest BCUT2D eigenvalue weighted by atomic mass is 9.95. The summed E-state index contributed by atoms with van der Waals surface area (Å²) in [6.45, 7) is 2.22. The van der Waals surface area contributed by atoms with E-state index in [4.69, 9.17) is 21.1 Å². The molecule has 4 rings (SSSR count). The molecule has 1 aliphatic heterocycles. The summed E-state index contributed by atoms with van der Waals surface area (Å²) in [5, 5.41) is 11.2. The van der Waals surface area contributed by atoms with E-state index in [2.05, 4.69) is 4.98 Å². The molecule has 7 nitrogen and oxygen atoms in total. The van der Waals surface area contributed by atoms with Crippen LogP contribution in [0.5, 0.6) is 11.5 Å². The SMILES string of the molecule is COC(=O)c1c(O)c2c(n(Cc3ccccc3)c1=O)-c1nc(Cl)ccc1OCC2C. The molecule has 0 saturated heterocycles. The van der Waals surface area contributed by atoms with E-state index in [9.17, 15) is 14.7 Å². The van der Waals surface area contributed by atoms with Gasteiger partial charge in [-0.05, 0) is 17.7 Å². The van der Waals surface area contributed by atoms with Crippen LogP contribution in [-0.4, -0.2) is 34.3 Å². The lowest BCUT2D eigenvalue weighted by Crippen LogP contribution is -2.30. The number of carbonyl (C=O) groups excluding carboxylic acids is 1. The number of hydrogen-bond acceptors (Lipinski definition) is 6. The van der Waals surface area contributed by atoms with E-state index in [1.54, 1.807) is 12.1 Å². The van der Waals surface area contributed by atoms with Gasteiger partial charge in [0.25, 0.3) is 5.56 Å². The normalized spacial score (nSPS) is 14.8. The monoisotopic (exact) mass is 426 g/mol. The molecule has 0 spiro atoms. The molecule has 0 radical (unpaired) electrons. The van der Waals surface area contributed by atoms with Crippen molar-refractivity contribution in [2.24, 2.45) is 0 Å². The average Bonchev–Trinajstić information content (AvgIpc) is 2.88.